The first-order chi connectivity index (χ1) is 9.63. The van der Waals surface area contributed by atoms with Gasteiger partial charge < -0.3 is 13.7 Å². The second-order valence-electron chi connectivity index (χ2n) is 4.49. The minimum absolute atomic E-state index is 0.329. The number of hydrogen-bond donors (Lipinski definition) is 0. The second kappa shape index (κ2) is 6.52. The highest BCUT2D eigenvalue weighted by atomic mass is 19.1. The summed E-state index contributed by atoms with van der Waals surface area (Å²) >= 11 is 0. The molecule has 0 saturated carbocycles. The Hall–Kier alpha value is -1.88. The van der Waals surface area contributed by atoms with Gasteiger partial charge >= 0.3 is 5.82 Å². The summed E-state index contributed by atoms with van der Waals surface area (Å²) in [7, 11) is 0. The molecule has 0 bridgehead atoms. The van der Waals surface area contributed by atoms with Crippen LogP contribution in [0.3, 0.4) is 0 Å². The molecule has 0 aliphatic heterocycles. The molecule has 2 aromatic rings. The highest BCUT2D eigenvalue weighted by Gasteiger charge is 2.15. The average molecular weight is 279 g/mol. The zero-order valence-corrected chi connectivity index (χ0v) is 11.7. The van der Waals surface area contributed by atoms with Crippen LogP contribution in [0.25, 0.3) is 11.3 Å². The van der Waals surface area contributed by atoms with E-state index in [0.29, 0.717) is 23.5 Å². The first-order valence-electron chi connectivity index (χ1n) is 6.75. The van der Waals surface area contributed by atoms with Gasteiger partial charge in [0.25, 0.3) is 0 Å². The van der Waals surface area contributed by atoms with Crippen LogP contribution in [0.15, 0.2) is 37.9 Å². The molecule has 4 nitrogen and oxygen atoms in total. The van der Waals surface area contributed by atoms with Crippen molar-refractivity contribution in [2.45, 2.75) is 20.3 Å². The van der Waals surface area contributed by atoms with E-state index in [2.05, 4.69) is 18.7 Å². The highest BCUT2D eigenvalue weighted by Crippen LogP contribution is 2.23. The van der Waals surface area contributed by atoms with Crippen molar-refractivity contribution in [3.8, 4) is 11.3 Å². The predicted octanol–water partition coefficient (Wildman–Crippen LogP) is 2.92. The van der Waals surface area contributed by atoms with Crippen molar-refractivity contribution in [1.82, 2.24) is 4.90 Å². The van der Waals surface area contributed by atoms with Crippen LogP contribution in [0, 0.1) is 5.82 Å². The molecule has 1 heterocycles. The Labute approximate surface area is 116 Å². The molecule has 0 saturated heterocycles. The van der Waals surface area contributed by atoms with Crippen LogP contribution in [0.2, 0.25) is 0 Å². The molecule has 20 heavy (non-hydrogen) atoms. The summed E-state index contributed by atoms with van der Waals surface area (Å²) in [5, 5.41) is 0. The van der Waals surface area contributed by atoms with E-state index in [1.807, 2.05) is 0 Å². The summed E-state index contributed by atoms with van der Waals surface area (Å²) < 4.78 is 23.1. The molecule has 1 aromatic heterocycles. The topological polar surface area (TPSA) is 46.6 Å². The molecule has 0 unspecified atom stereocenters. The van der Waals surface area contributed by atoms with Gasteiger partial charge in [0.2, 0.25) is 0 Å². The Balaban J connectivity index is 2.22. The van der Waals surface area contributed by atoms with E-state index in [1.54, 1.807) is 12.1 Å². The fourth-order valence-electron chi connectivity index (χ4n) is 2.09. The van der Waals surface area contributed by atoms with E-state index < -0.39 is 5.82 Å². The molecule has 2 rings (SSSR count). The molecular formula is C15H18FNO3. The van der Waals surface area contributed by atoms with Gasteiger partial charge in [0.05, 0.1) is 0 Å². The van der Waals surface area contributed by atoms with Crippen molar-refractivity contribution in [1.29, 1.82) is 0 Å². The second-order valence-corrected chi connectivity index (χ2v) is 4.49. The van der Waals surface area contributed by atoms with E-state index in [4.69, 9.17) is 8.83 Å². The van der Waals surface area contributed by atoms with Crippen LogP contribution >= 0.6 is 0 Å². The highest BCUT2D eigenvalue weighted by molar-refractivity contribution is 5.58. The van der Waals surface area contributed by atoms with E-state index in [0.717, 1.165) is 19.6 Å². The van der Waals surface area contributed by atoms with Gasteiger partial charge in [-0.2, -0.15) is 0 Å². The fraction of sp³-hybridized carbons (Fsp3) is 0.400. The van der Waals surface area contributed by atoms with Crippen molar-refractivity contribution < 1.29 is 13.2 Å². The van der Waals surface area contributed by atoms with Crippen LogP contribution < -0.4 is 5.82 Å². The number of benzene rings is 1. The van der Waals surface area contributed by atoms with Gasteiger partial charge in [-0.05, 0) is 37.4 Å². The van der Waals surface area contributed by atoms with E-state index in [1.165, 1.54) is 12.1 Å². The Morgan fingerprint density at radius 3 is 2.35 bits per heavy atom. The molecule has 0 amide bonds. The zero-order valence-electron chi connectivity index (χ0n) is 11.7. The lowest BCUT2D eigenvalue weighted by Gasteiger charge is -2.16. The standard InChI is InChI=1S/C15H18FNO3/c1-3-17(4-2)10-9-13-14(20-15(18)19-13)11-5-7-12(16)8-6-11/h5-8H,3-4,9-10H2,1-2H3. The van der Waals surface area contributed by atoms with Crippen molar-refractivity contribution >= 4 is 0 Å². The van der Waals surface area contributed by atoms with Gasteiger partial charge in [-0.3, -0.25) is 0 Å². The van der Waals surface area contributed by atoms with Crippen LogP contribution in [-0.4, -0.2) is 24.5 Å². The minimum Gasteiger partial charge on any atom is -0.395 e. The van der Waals surface area contributed by atoms with Gasteiger partial charge in [-0.25, -0.2) is 9.18 Å². The fourth-order valence-corrected chi connectivity index (χ4v) is 2.09. The predicted molar refractivity (Wildman–Crippen MR) is 74.1 cm³/mol. The number of likely N-dealkylation sites (N-methyl/N-ethyl adjacent to an activating group) is 1. The summed E-state index contributed by atoms with van der Waals surface area (Å²) in [6.45, 7) is 6.81. The lowest BCUT2D eigenvalue weighted by Crippen LogP contribution is -2.25. The number of hydrogen-bond acceptors (Lipinski definition) is 4. The molecule has 0 spiro atoms. The Morgan fingerprint density at radius 2 is 1.75 bits per heavy atom. The molecule has 0 fully saturated rings. The first-order valence-corrected chi connectivity index (χ1v) is 6.75. The molecule has 1 aromatic carbocycles. The Kier molecular flexibility index (Phi) is 4.74. The molecule has 0 radical (unpaired) electrons. The lowest BCUT2D eigenvalue weighted by atomic mass is 10.1. The summed E-state index contributed by atoms with van der Waals surface area (Å²) in [6.07, 6.45) is 0.583. The molecule has 5 heteroatoms. The third-order valence-corrected chi connectivity index (χ3v) is 3.30. The first kappa shape index (κ1) is 14.5. The van der Waals surface area contributed by atoms with Crippen LogP contribution in [0.1, 0.15) is 19.6 Å². The maximum Gasteiger partial charge on any atom is 0.519 e. The van der Waals surface area contributed by atoms with E-state index in [9.17, 15) is 9.18 Å². The van der Waals surface area contributed by atoms with Crippen LogP contribution in [0.4, 0.5) is 4.39 Å². The smallest absolute Gasteiger partial charge is 0.395 e. The summed E-state index contributed by atoms with van der Waals surface area (Å²) in [6, 6.07) is 5.81. The quantitative estimate of drug-likeness (QED) is 0.815. The van der Waals surface area contributed by atoms with E-state index >= 15 is 0 Å². The normalized spacial score (nSPS) is 11.2. The minimum atomic E-state index is -0.723. The molecule has 0 atom stereocenters. The molecule has 0 N–H and O–H groups in total. The Bertz CT molecular complexity index is 596. The van der Waals surface area contributed by atoms with Gasteiger partial charge in [0.15, 0.2) is 11.5 Å². The SMILES string of the molecule is CCN(CC)CCc1oc(=O)oc1-c1ccc(F)cc1. The number of nitrogens with zero attached hydrogens (tertiary/aromatic N) is 1. The van der Waals surface area contributed by atoms with Crippen molar-refractivity contribution in [2.75, 3.05) is 19.6 Å². The lowest BCUT2D eigenvalue weighted by molar-refractivity contribution is 0.295. The van der Waals surface area contributed by atoms with E-state index in [-0.39, 0.29) is 5.82 Å². The third kappa shape index (κ3) is 3.36. The van der Waals surface area contributed by atoms with Crippen molar-refractivity contribution in [2.24, 2.45) is 0 Å². The Morgan fingerprint density at radius 1 is 1.10 bits per heavy atom. The molecule has 0 aliphatic rings. The van der Waals surface area contributed by atoms with Gasteiger partial charge in [0, 0.05) is 18.5 Å². The molecule has 0 aliphatic carbocycles. The third-order valence-electron chi connectivity index (χ3n) is 3.30. The summed E-state index contributed by atoms with van der Waals surface area (Å²) in [5.74, 6) is -0.154. The molecule has 108 valence electrons. The maximum atomic E-state index is 12.9. The van der Waals surface area contributed by atoms with Gasteiger partial charge in [0.1, 0.15) is 5.82 Å². The molecular weight excluding hydrogens is 261 g/mol. The number of halogens is 1. The average Bonchev–Trinajstić information content (AvgIpc) is 2.82. The number of rotatable bonds is 6. The van der Waals surface area contributed by atoms with Crippen LogP contribution in [0.5, 0.6) is 0 Å². The zero-order chi connectivity index (χ0) is 14.5. The van der Waals surface area contributed by atoms with Crippen LogP contribution in [-0.2, 0) is 6.42 Å². The summed E-state index contributed by atoms with van der Waals surface area (Å²) in [5.41, 5.74) is 0.645. The monoisotopic (exact) mass is 279 g/mol. The van der Waals surface area contributed by atoms with Gasteiger partial charge in [-0.1, -0.05) is 13.8 Å². The van der Waals surface area contributed by atoms with Crippen molar-refractivity contribution in [3.05, 3.63) is 46.5 Å². The summed E-state index contributed by atoms with van der Waals surface area (Å²) in [4.78, 5) is 13.5. The van der Waals surface area contributed by atoms with Crippen molar-refractivity contribution in [3.63, 3.8) is 0 Å². The largest absolute Gasteiger partial charge is 0.519 e. The maximum absolute atomic E-state index is 12.9. The van der Waals surface area contributed by atoms with Gasteiger partial charge in [-0.15, -0.1) is 0 Å².